The van der Waals surface area contributed by atoms with Crippen LogP contribution in [0.15, 0.2) is 42.6 Å². The van der Waals surface area contributed by atoms with Gasteiger partial charge in [0.2, 0.25) is 0 Å². The van der Waals surface area contributed by atoms with Crippen LogP contribution in [0.4, 0.5) is 0 Å². The first-order chi connectivity index (χ1) is 17.2. The third kappa shape index (κ3) is 5.35. The zero-order chi connectivity index (χ0) is 26.0. The molecule has 1 aromatic heterocycles. The van der Waals surface area contributed by atoms with E-state index in [1.807, 2.05) is 0 Å². The highest BCUT2D eigenvalue weighted by molar-refractivity contribution is 5.98. The highest BCUT2D eigenvalue weighted by Gasteiger charge is 2.39. The van der Waals surface area contributed by atoms with Crippen LogP contribution in [-0.2, 0) is 25.5 Å². The van der Waals surface area contributed by atoms with Gasteiger partial charge in [-0.25, -0.2) is 9.59 Å². The third-order valence-corrected chi connectivity index (χ3v) is 7.03. The minimum absolute atomic E-state index is 0.245. The first-order valence-electron chi connectivity index (χ1n) is 11.8. The van der Waals surface area contributed by atoms with Crippen molar-refractivity contribution in [3.05, 3.63) is 53.8 Å². The highest BCUT2D eigenvalue weighted by atomic mass is 16.5. The number of fused-ring (bicyclic) bond motifs is 2. The number of methoxy groups -OCH3 is 1. The molecular weight excluding hydrogens is 466 g/mol. The molecule has 2 aliphatic heterocycles. The fourth-order valence-corrected chi connectivity index (χ4v) is 5.57. The molecule has 0 amide bonds. The lowest BCUT2D eigenvalue weighted by Crippen LogP contribution is -2.47. The molecule has 4 N–H and O–H groups in total. The summed E-state index contributed by atoms with van der Waals surface area (Å²) < 4.78 is 4.96. The summed E-state index contributed by atoms with van der Waals surface area (Å²) in [5.41, 5.74) is 5.31. The van der Waals surface area contributed by atoms with Gasteiger partial charge in [-0.1, -0.05) is 18.2 Å². The van der Waals surface area contributed by atoms with Crippen molar-refractivity contribution in [3.63, 3.8) is 0 Å². The number of aromatic amines is 1. The molecule has 10 heteroatoms. The number of carbonyl (C=O) groups excluding carboxylic acids is 1. The normalized spacial score (nSPS) is 25.7. The topological polar surface area (TPSA) is 143 Å². The van der Waals surface area contributed by atoms with Gasteiger partial charge in [0, 0.05) is 67.3 Å². The van der Waals surface area contributed by atoms with Crippen LogP contribution in [0.25, 0.3) is 16.5 Å². The zero-order valence-electron chi connectivity index (χ0n) is 20.3. The maximum Gasteiger partial charge on any atom is 0.328 e. The number of hydrogen-bond donors (Lipinski definition) is 4. The Morgan fingerprint density at radius 2 is 1.89 bits per heavy atom. The Morgan fingerprint density at radius 3 is 2.56 bits per heavy atom. The molecular formula is C26H31N3O7. The summed E-state index contributed by atoms with van der Waals surface area (Å²) in [5, 5.41) is 27.1. The SMILES string of the molecule is COC(=O)[C@@H]1CC(O)CN1C[C@@H]1C=C2c3cccc4[nH]cc(c34)C[C@H]2N(C)C1.O=C(O)/C=C\C(=O)O. The molecule has 2 aromatic rings. The van der Waals surface area contributed by atoms with Crippen molar-refractivity contribution >= 4 is 34.4 Å². The van der Waals surface area contributed by atoms with Gasteiger partial charge in [0.15, 0.2) is 0 Å². The predicted molar refractivity (Wildman–Crippen MR) is 132 cm³/mol. The number of esters is 1. The van der Waals surface area contributed by atoms with Crippen LogP contribution in [0.2, 0.25) is 0 Å². The lowest BCUT2D eigenvalue weighted by Gasteiger charge is -2.41. The molecule has 4 atom stereocenters. The van der Waals surface area contributed by atoms with Crippen LogP contribution >= 0.6 is 0 Å². The molecule has 3 aliphatic rings. The van der Waals surface area contributed by atoms with Gasteiger partial charge < -0.3 is 25.0 Å². The van der Waals surface area contributed by atoms with Crippen molar-refractivity contribution in [1.29, 1.82) is 0 Å². The second-order valence-electron chi connectivity index (χ2n) is 9.48. The Hall–Kier alpha value is -3.47. The Balaban J connectivity index is 0.000000331. The van der Waals surface area contributed by atoms with Crippen molar-refractivity contribution in [1.82, 2.24) is 14.8 Å². The molecule has 36 heavy (non-hydrogen) atoms. The number of ether oxygens (including phenoxy) is 1. The Kier molecular flexibility index (Phi) is 7.58. The number of β-amino-alcohol motifs (C(OH)–C–C–N with tert-alkyl or cyclic N) is 1. The average Bonchev–Trinajstić information content (AvgIpc) is 3.42. The largest absolute Gasteiger partial charge is 0.478 e. The molecule has 1 unspecified atom stereocenters. The number of aliphatic hydroxyl groups excluding tert-OH is 1. The number of likely N-dealkylation sites (N-methyl/N-ethyl adjacent to an activating group) is 1. The van der Waals surface area contributed by atoms with Gasteiger partial charge in [0.05, 0.1) is 13.2 Å². The molecule has 0 radical (unpaired) electrons. The van der Waals surface area contributed by atoms with Crippen molar-refractivity contribution < 1.29 is 34.4 Å². The van der Waals surface area contributed by atoms with E-state index in [0.29, 0.717) is 37.1 Å². The van der Waals surface area contributed by atoms with Crippen molar-refractivity contribution in [3.8, 4) is 0 Å². The number of carboxylic acid groups (broad SMARTS) is 2. The number of H-pyrrole nitrogens is 1. The van der Waals surface area contributed by atoms with E-state index in [1.165, 1.54) is 34.7 Å². The maximum atomic E-state index is 12.1. The summed E-state index contributed by atoms with van der Waals surface area (Å²) in [5.74, 6) is -2.45. The van der Waals surface area contributed by atoms with Gasteiger partial charge in [0.25, 0.3) is 0 Å². The first-order valence-corrected chi connectivity index (χ1v) is 11.8. The highest BCUT2D eigenvalue weighted by Crippen LogP contribution is 2.41. The Labute approximate surface area is 208 Å². The van der Waals surface area contributed by atoms with Gasteiger partial charge in [-0.05, 0) is 36.2 Å². The monoisotopic (exact) mass is 497 g/mol. The molecule has 1 aromatic carbocycles. The van der Waals surface area contributed by atoms with Gasteiger partial charge in [-0.15, -0.1) is 0 Å². The number of carboxylic acids is 2. The summed E-state index contributed by atoms with van der Waals surface area (Å²) in [6.45, 7) is 2.24. The lowest BCUT2D eigenvalue weighted by molar-refractivity contribution is -0.146. The Bertz CT molecular complexity index is 1200. The number of benzene rings is 1. The number of nitrogens with one attached hydrogen (secondary N) is 1. The van der Waals surface area contributed by atoms with E-state index in [-0.39, 0.29) is 12.0 Å². The van der Waals surface area contributed by atoms with E-state index >= 15 is 0 Å². The summed E-state index contributed by atoms with van der Waals surface area (Å²) in [7, 11) is 3.61. The third-order valence-electron chi connectivity index (χ3n) is 7.03. The minimum Gasteiger partial charge on any atom is -0.478 e. The molecule has 0 bridgehead atoms. The lowest BCUT2D eigenvalue weighted by atomic mass is 9.80. The molecule has 5 rings (SSSR count). The molecule has 1 fully saturated rings. The minimum atomic E-state index is -1.26. The quantitative estimate of drug-likeness (QED) is 0.356. The van der Waals surface area contributed by atoms with Gasteiger partial charge in [-0.3, -0.25) is 14.6 Å². The summed E-state index contributed by atoms with van der Waals surface area (Å²) in [4.78, 5) is 39.2. The fourth-order valence-electron chi connectivity index (χ4n) is 5.57. The molecule has 0 spiro atoms. The van der Waals surface area contributed by atoms with Crippen LogP contribution in [0.5, 0.6) is 0 Å². The van der Waals surface area contributed by atoms with Crippen molar-refractivity contribution in [2.45, 2.75) is 31.0 Å². The maximum absolute atomic E-state index is 12.1. The first kappa shape index (κ1) is 25.6. The second-order valence-corrected chi connectivity index (χ2v) is 9.48. The molecule has 1 aliphatic carbocycles. The summed E-state index contributed by atoms with van der Waals surface area (Å²) in [6, 6.07) is 6.54. The van der Waals surface area contributed by atoms with E-state index in [9.17, 15) is 19.5 Å². The van der Waals surface area contributed by atoms with Crippen LogP contribution in [0, 0.1) is 5.92 Å². The number of aliphatic hydroxyl groups is 1. The van der Waals surface area contributed by atoms with Crippen LogP contribution in [0.1, 0.15) is 17.5 Å². The van der Waals surface area contributed by atoms with Crippen molar-refractivity contribution in [2.24, 2.45) is 5.92 Å². The Morgan fingerprint density at radius 1 is 1.17 bits per heavy atom. The molecule has 10 nitrogen and oxygen atoms in total. The smallest absolute Gasteiger partial charge is 0.328 e. The number of likely N-dealkylation sites (tertiary alicyclic amines) is 1. The number of rotatable bonds is 5. The van der Waals surface area contributed by atoms with Gasteiger partial charge in [0.1, 0.15) is 6.04 Å². The molecule has 3 heterocycles. The van der Waals surface area contributed by atoms with Crippen LogP contribution in [0.3, 0.4) is 0 Å². The van der Waals surface area contributed by atoms with Crippen molar-refractivity contribution in [2.75, 3.05) is 33.8 Å². The van der Waals surface area contributed by atoms with Gasteiger partial charge in [-0.2, -0.15) is 0 Å². The zero-order valence-corrected chi connectivity index (χ0v) is 20.3. The molecule has 1 saturated heterocycles. The van der Waals surface area contributed by atoms with E-state index in [4.69, 9.17) is 14.9 Å². The fraction of sp³-hybridized carbons (Fsp3) is 0.423. The number of nitrogens with zero attached hydrogens (tertiary/aromatic N) is 2. The number of aliphatic carboxylic acids is 2. The number of hydrogen-bond acceptors (Lipinski definition) is 7. The summed E-state index contributed by atoms with van der Waals surface area (Å²) in [6.07, 6.45) is 6.70. The van der Waals surface area contributed by atoms with E-state index in [1.54, 1.807) is 0 Å². The van der Waals surface area contributed by atoms with E-state index in [0.717, 1.165) is 19.5 Å². The average molecular weight is 498 g/mol. The van der Waals surface area contributed by atoms with Crippen LogP contribution < -0.4 is 0 Å². The summed E-state index contributed by atoms with van der Waals surface area (Å²) >= 11 is 0. The number of carbonyl (C=O) groups is 3. The second kappa shape index (κ2) is 10.7. The predicted octanol–water partition coefficient (Wildman–Crippen LogP) is 1.36. The van der Waals surface area contributed by atoms with E-state index < -0.39 is 18.0 Å². The van der Waals surface area contributed by atoms with Gasteiger partial charge >= 0.3 is 17.9 Å². The standard InChI is InChI=1S/C22H27N3O3.C4H4O4/c1-24-10-13(11-25-12-15(26)8-20(25)22(27)28-2)6-17-16-4-3-5-18-21(16)14(9-23-18)7-19(17)24;5-3(6)1-2-4(7)8/h3-6,9,13,15,19-20,23,26H,7-8,10-12H2,1-2H3;1-2H,(H,5,6)(H,7,8)/b;2-1-/t13-,15?,19-,20+;/m1./s1. The molecule has 192 valence electrons. The number of aromatic nitrogens is 1. The van der Waals surface area contributed by atoms with E-state index in [2.05, 4.69) is 52.3 Å². The molecule has 0 saturated carbocycles. The van der Waals surface area contributed by atoms with Crippen LogP contribution in [-0.4, -0.2) is 100.0 Å².